The minimum absolute atomic E-state index is 0.0654. The normalized spacial score (nSPS) is 11.9. The molecule has 2 aromatic carbocycles. The van der Waals surface area contributed by atoms with Gasteiger partial charge in [0.25, 0.3) is 10.0 Å². The van der Waals surface area contributed by atoms with E-state index in [1.165, 1.54) is 12.1 Å². The molecule has 7 heteroatoms. The van der Waals surface area contributed by atoms with Gasteiger partial charge in [-0.2, -0.15) is 3.97 Å². The van der Waals surface area contributed by atoms with Crippen LogP contribution in [0.3, 0.4) is 0 Å². The summed E-state index contributed by atoms with van der Waals surface area (Å²) in [5.74, 6) is 0. The predicted molar refractivity (Wildman–Crippen MR) is 85.5 cm³/mol. The van der Waals surface area contributed by atoms with Crippen LogP contribution in [0.5, 0.6) is 0 Å². The summed E-state index contributed by atoms with van der Waals surface area (Å²) >= 11 is 0. The first-order valence-corrected chi connectivity index (χ1v) is 8.08. The number of aryl methyl sites for hydroxylation is 2. The average molecular weight is 317 g/mol. The van der Waals surface area contributed by atoms with Crippen LogP contribution in [-0.2, 0) is 10.0 Å². The minimum Gasteiger partial charge on any atom is -0.398 e. The summed E-state index contributed by atoms with van der Waals surface area (Å²) in [6, 6.07) is 9.51. The van der Waals surface area contributed by atoms with Gasteiger partial charge in [-0.05, 0) is 43.7 Å². The second-order valence-corrected chi connectivity index (χ2v) is 7.03. The Kier molecular flexibility index (Phi) is 3.10. The van der Waals surface area contributed by atoms with Gasteiger partial charge < -0.3 is 10.7 Å². The lowest BCUT2D eigenvalue weighted by molar-refractivity contribution is 0.587. The Balaban J connectivity index is 2.34. The highest BCUT2D eigenvalue weighted by Crippen LogP contribution is 2.22. The highest BCUT2D eigenvalue weighted by Gasteiger charge is 2.22. The molecule has 1 heterocycles. The van der Waals surface area contributed by atoms with Gasteiger partial charge in [0.1, 0.15) is 0 Å². The maximum absolute atomic E-state index is 12.7. The number of benzene rings is 2. The van der Waals surface area contributed by atoms with Crippen molar-refractivity contribution in [3.8, 4) is 0 Å². The summed E-state index contributed by atoms with van der Waals surface area (Å²) in [6.07, 6.45) is 0. The summed E-state index contributed by atoms with van der Waals surface area (Å²) in [4.78, 5) is 14.7. The molecule has 0 aliphatic rings. The molecule has 0 aliphatic carbocycles. The summed E-state index contributed by atoms with van der Waals surface area (Å²) in [6.45, 7) is 3.62. The number of imidazole rings is 1. The van der Waals surface area contributed by atoms with Crippen molar-refractivity contribution >= 4 is 26.7 Å². The molecule has 22 heavy (non-hydrogen) atoms. The van der Waals surface area contributed by atoms with Crippen molar-refractivity contribution in [3.63, 3.8) is 0 Å². The first kappa shape index (κ1) is 14.4. The lowest BCUT2D eigenvalue weighted by Crippen LogP contribution is -2.25. The van der Waals surface area contributed by atoms with Gasteiger partial charge >= 0.3 is 5.69 Å². The Hall–Kier alpha value is -2.54. The Labute approximate surface area is 127 Å². The number of nitrogens with zero attached hydrogens (tertiary/aromatic N) is 1. The highest BCUT2D eigenvalue weighted by atomic mass is 32.2. The largest absolute Gasteiger partial charge is 0.398 e. The molecule has 1 aromatic heterocycles. The van der Waals surface area contributed by atoms with Crippen molar-refractivity contribution in [2.75, 3.05) is 5.73 Å². The third-order valence-corrected chi connectivity index (χ3v) is 5.30. The molecule has 0 fully saturated rings. The number of hydrogen-bond donors (Lipinski definition) is 2. The van der Waals surface area contributed by atoms with E-state index in [1.807, 2.05) is 6.92 Å². The molecule has 3 aromatic rings. The van der Waals surface area contributed by atoms with Crippen molar-refractivity contribution in [2.24, 2.45) is 0 Å². The molecule has 0 aliphatic heterocycles. The monoisotopic (exact) mass is 317 g/mol. The minimum atomic E-state index is -3.97. The average Bonchev–Trinajstić information content (AvgIpc) is 2.75. The van der Waals surface area contributed by atoms with Gasteiger partial charge in [-0.1, -0.05) is 17.7 Å². The lowest BCUT2D eigenvalue weighted by atomic mass is 10.2. The van der Waals surface area contributed by atoms with E-state index in [1.54, 1.807) is 31.2 Å². The van der Waals surface area contributed by atoms with Crippen molar-refractivity contribution in [1.82, 2.24) is 8.96 Å². The topological polar surface area (TPSA) is 98.0 Å². The standard InChI is InChI=1S/C15H15N3O3S/c1-9-3-5-11(6-4-9)22(20,21)18-14-7-10(2)12(16)8-13(14)17-15(18)19/h3-8H,16H2,1-2H3,(H,17,19). The second-order valence-electron chi connectivity index (χ2n) is 5.24. The molecule has 0 spiro atoms. The molecule has 6 nitrogen and oxygen atoms in total. The predicted octanol–water partition coefficient (Wildman–Crippen LogP) is 1.77. The molecule has 114 valence electrons. The third kappa shape index (κ3) is 2.10. The fourth-order valence-corrected chi connectivity index (χ4v) is 3.67. The van der Waals surface area contributed by atoms with Crippen LogP contribution in [0.2, 0.25) is 0 Å². The Bertz CT molecular complexity index is 1030. The van der Waals surface area contributed by atoms with E-state index in [4.69, 9.17) is 5.73 Å². The molecule has 0 atom stereocenters. The second kappa shape index (κ2) is 4.74. The molecule has 3 N–H and O–H groups in total. The smallest absolute Gasteiger partial charge is 0.340 e. The van der Waals surface area contributed by atoms with Gasteiger partial charge in [-0.3, -0.25) is 0 Å². The quantitative estimate of drug-likeness (QED) is 0.704. The zero-order chi connectivity index (χ0) is 16.1. The van der Waals surface area contributed by atoms with Crippen LogP contribution >= 0.6 is 0 Å². The van der Waals surface area contributed by atoms with E-state index in [0.29, 0.717) is 16.8 Å². The number of fused-ring (bicyclic) bond motifs is 1. The number of aromatic amines is 1. The molecular weight excluding hydrogens is 302 g/mol. The molecule has 0 amide bonds. The van der Waals surface area contributed by atoms with Crippen LogP contribution in [0.1, 0.15) is 11.1 Å². The number of aromatic nitrogens is 2. The van der Waals surface area contributed by atoms with Crippen LogP contribution in [0, 0.1) is 13.8 Å². The van der Waals surface area contributed by atoms with Crippen LogP contribution < -0.4 is 11.4 Å². The molecular formula is C15H15N3O3S. The van der Waals surface area contributed by atoms with E-state index in [9.17, 15) is 13.2 Å². The number of rotatable bonds is 2. The fraction of sp³-hybridized carbons (Fsp3) is 0.133. The first-order chi connectivity index (χ1) is 10.3. The number of H-pyrrole nitrogens is 1. The zero-order valence-corrected chi connectivity index (χ0v) is 12.9. The van der Waals surface area contributed by atoms with Gasteiger partial charge in [0.2, 0.25) is 0 Å². The van der Waals surface area contributed by atoms with Crippen molar-refractivity contribution < 1.29 is 8.42 Å². The first-order valence-electron chi connectivity index (χ1n) is 6.64. The Morgan fingerprint density at radius 1 is 1.09 bits per heavy atom. The number of hydrogen-bond acceptors (Lipinski definition) is 4. The Morgan fingerprint density at radius 2 is 1.73 bits per heavy atom. The van der Waals surface area contributed by atoms with Gasteiger partial charge in [0.05, 0.1) is 15.9 Å². The molecule has 0 saturated carbocycles. The fourth-order valence-electron chi connectivity index (χ4n) is 2.31. The lowest BCUT2D eigenvalue weighted by Gasteiger charge is -2.07. The summed E-state index contributed by atoms with van der Waals surface area (Å²) in [7, 11) is -3.97. The van der Waals surface area contributed by atoms with Crippen LogP contribution in [0.15, 0.2) is 46.1 Å². The number of anilines is 1. The van der Waals surface area contributed by atoms with Gasteiger partial charge in [0, 0.05) is 5.69 Å². The third-order valence-electron chi connectivity index (χ3n) is 3.59. The number of nitrogen functional groups attached to an aromatic ring is 1. The number of nitrogens with two attached hydrogens (primary N) is 1. The van der Waals surface area contributed by atoms with E-state index >= 15 is 0 Å². The zero-order valence-electron chi connectivity index (χ0n) is 12.1. The summed E-state index contributed by atoms with van der Waals surface area (Å²) in [5, 5.41) is 0. The maximum Gasteiger partial charge on any atom is 0.340 e. The number of nitrogens with one attached hydrogen (secondary N) is 1. The molecule has 3 rings (SSSR count). The van der Waals surface area contributed by atoms with Crippen LogP contribution in [0.4, 0.5) is 5.69 Å². The SMILES string of the molecule is Cc1ccc(S(=O)(=O)n2c(=O)[nH]c3cc(N)c(C)cc32)cc1. The van der Waals surface area contributed by atoms with E-state index in [2.05, 4.69) is 4.98 Å². The molecule has 0 saturated heterocycles. The summed E-state index contributed by atoms with van der Waals surface area (Å²) < 4.78 is 26.3. The maximum atomic E-state index is 12.7. The van der Waals surface area contributed by atoms with E-state index in [0.717, 1.165) is 9.54 Å². The molecule has 0 unspecified atom stereocenters. The van der Waals surface area contributed by atoms with Crippen molar-refractivity contribution in [3.05, 3.63) is 58.0 Å². The van der Waals surface area contributed by atoms with Crippen LogP contribution in [-0.4, -0.2) is 17.4 Å². The van der Waals surface area contributed by atoms with Gasteiger partial charge in [-0.15, -0.1) is 0 Å². The molecule has 0 radical (unpaired) electrons. The highest BCUT2D eigenvalue weighted by molar-refractivity contribution is 7.90. The Morgan fingerprint density at radius 3 is 2.36 bits per heavy atom. The summed E-state index contributed by atoms with van der Waals surface area (Å²) in [5.41, 5.74) is 7.92. The van der Waals surface area contributed by atoms with Crippen molar-refractivity contribution in [2.45, 2.75) is 18.7 Å². The van der Waals surface area contributed by atoms with Gasteiger partial charge in [0.15, 0.2) is 0 Å². The van der Waals surface area contributed by atoms with E-state index in [-0.39, 0.29) is 10.4 Å². The van der Waals surface area contributed by atoms with Gasteiger partial charge in [-0.25, -0.2) is 13.2 Å². The van der Waals surface area contributed by atoms with Crippen LogP contribution in [0.25, 0.3) is 11.0 Å². The van der Waals surface area contributed by atoms with E-state index < -0.39 is 15.7 Å². The molecule has 0 bridgehead atoms. The van der Waals surface area contributed by atoms with Crippen molar-refractivity contribution in [1.29, 1.82) is 0 Å².